The molecule has 0 bridgehead atoms. The molecule has 4 heteroatoms. The van der Waals surface area contributed by atoms with Crippen LogP contribution in [-0.4, -0.2) is 54.2 Å². The van der Waals surface area contributed by atoms with Gasteiger partial charge in [-0.05, 0) is 50.7 Å². The maximum atomic E-state index is 10.5. The molecule has 112 valence electrons. The number of hydrogen-bond donors (Lipinski definition) is 2. The van der Waals surface area contributed by atoms with E-state index in [-0.39, 0.29) is 0 Å². The molecule has 1 aromatic rings. The number of β-amino-alcohol motifs (C(OH)–C–C–N with tert-alkyl or cyclic N) is 1. The first-order valence-corrected chi connectivity index (χ1v) is 7.56. The Hall–Kier alpha value is -1.10. The molecule has 2 unspecified atom stereocenters. The second kappa shape index (κ2) is 7.07. The van der Waals surface area contributed by atoms with Crippen LogP contribution in [0.4, 0.5) is 5.69 Å². The summed E-state index contributed by atoms with van der Waals surface area (Å²) in [5.74, 6) is 0. The van der Waals surface area contributed by atoms with Crippen molar-refractivity contribution < 1.29 is 5.11 Å². The van der Waals surface area contributed by atoms with Gasteiger partial charge in [-0.2, -0.15) is 0 Å². The van der Waals surface area contributed by atoms with Gasteiger partial charge in [0.05, 0.1) is 6.10 Å². The number of rotatable bonds is 4. The fraction of sp³-hybridized carbons (Fsp3) is 0.625. The predicted octanol–water partition coefficient (Wildman–Crippen LogP) is 1.72. The molecule has 1 saturated heterocycles. The minimum Gasteiger partial charge on any atom is -0.399 e. The number of aliphatic hydroxyl groups excluding tert-OH is 1. The van der Waals surface area contributed by atoms with Crippen molar-refractivity contribution in [3.8, 4) is 0 Å². The number of nitrogen functional groups attached to an aromatic ring is 1. The summed E-state index contributed by atoms with van der Waals surface area (Å²) in [6.07, 6.45) is 1.82. The van der Waals surface area contributed by atoms with Gasteiger partial charge in [0, 0.05) is 24.8 Å². The molecular formula is C16H27N3O. The Kier molecular flexibility index (Phi) is 5.40. The van der Waals surface area contributed by atoms with Crippen LogP contribution in [0.1, 0.15) is 31.4 Å². The number of hydrogen-bond acceptors (Lipinski definition) is 4. The number of anilines is 1. The molecule has 0 aliphatic carbocycles. The van der Waals surface area contributed by atoms with Crippen molar-refractivity contribution in [2.45, 2.75) is 31.9 Å². The van der Waals surface area contributed by atoms with Crippen LogP contribution in [0, 0.1) is 0 Å². The van der Waals surface area contributed by atoms with E-state index in [1.165, 1.54) is 0 Å². The van der Waals surface area contributed by atoms with Crippen LogP contribution in [0.5, 0.6) is 0 Å². The summed E-state index contributed by atoms with van der Waals surface area (Å²) in [7, 11) is 2.18. The van der Waals surface area contributed by atoms with Crippen LogP contribution in [0.15, 0.2) is 24.3 Å². The second-order valence-corrected chi connectivity index (χ2v) is 5.86. The highest BCUT2D eigenvalue weighted by Gasteiger charge is 2.24. The molecule has 0 aromatic heterocycles. The van der Waals surface area contributed by atoms with Crippen molar-refractivity contribution in [3.63, 3.8) is 0 Å². The minimum absolute atomic E-state index is 0.462. The molecular weight excluding hydrogens is 250 g/mol. The van der Waals surface area contributed by atoms with Gasteiger partial charge in [0.1, 0.15) is 0 Å². The van der Waals surface area contributed by atoms with Crippen molar-refractivity contribution in [3.05, 3.63) is 29.8 Å². The smallest absolute Gasteiger partial charge is 0.0917 e. The number of nitrogens with two attached hydrogens (primary N) is 1. The normalized spacial score (nSPS) is 23.4. The van der Waals surface area contributed by atoms with Crippen molar-refractivity contribution in [1.29, 1.82) is 0 Å². The minimum atomic E-state index is -0.462. The zero-order chi connectivity index (χ0) is 14.5. The van der Waals surface area contributed by atoms with Gasteiger partial charge in [0.25, 0.3) is 0 Å². The maximum Gasteiger partial charge on any atom is 0.0917 e. The van der Waals surface area contributed by atoms with E-state index in [0.717, 1.165) is 38.0 Å². The number of benzene rings is 1. The average molecular weight is 277 g/mol. The van der Waals surface area contributed by atoms with Crippen LogP contribution < -0.4 is 5.73 Å². The largest absolute Gasteiger partial charge is 0.399 e. The van der Waals surface area contributed by atoms with Gasteiger partial charge in [-0.3, -0.25) is 4.90 Å². The first-order valence-electron chi connectivity index (χ1n) is 7.56. The molecule has 1 aliphatic heterocycles. The van der Waals surface area contributed by atoms with E-state index >= 15 is 0 Å². The van der Waals surface area contributed by atoms with Crippen LogP contribution in [0.25, 0.3) is 0 Å². The molecule has 3 N–H and O–H groups in total. The van der Waals surface area contributed by atoms with Gasteiger partial charge in [-0.15, -0.1) is 0 Å². The quantitative estimate of drug-likeness (QED) is 0.823. The summed E-state index contributed by atoms with van der Waals surface area (Å²) in [6, 6.07) is 8.10. The zero-order valence-corrected chi connectivity index (χ0v) is 12.6. The second-order valence-electron chi connectivity index (χ2n) is 5.86. The fourth-order valence-electron chi connectivity index (χ4n) is 3.01. The van der Waals surface area contributed by atoms with Gasteiger partial charge >= 0.3 is 0 Å². The summed E-state index contributed by atoms with van der Waals surface area (Å²) in [5, 5.41) is 10.5. The number of likely N-dealkylation sites (N-methyl/N-ethyl adjacent to an activating group) is 1. The van der Waals surface area contributed by atoms with Crippen molar-refractivity contribution in [2.75, 3.05) is 39.0 Å². The van der Waals surface area contributed by atoms with E-state index in [0.29, 0.717) is 18.3 Å². The van der Waals surface area contributed by atoms with E-state index in [1.54, 1.807) is 0 Å². The molecule has 20 heavy (non-hydrogen) atoms. The van der Waals surface area contributed by atoms with Gasteiger partial charge < -0.3 is 15.7 Å². The summed E-state index contributed by atoms with van der Waals surface area (Å²) in [6.45, 7) is 6.20. The first-order chi connectivity index (χ1) is 9.60. The molecule has 0 radical (unpaired) electrons. The molecule has 4 nitrogen and oxygen atoms in total. The third-order valence-corrected chi connectivity index (χ3v) is 4.20. The third kappa shape index (κ3) is 3.95. The van der Waals surface area contributed by atoms with Gasteiger partial charge in [0.2, 0.25) is 0 Å². The maximum absolute atomic E-state index is 10.5. The molecule has 0 spiro atoms. The third-order valence-electron chi connectivity index (χ3n) is 4.20. The highest BCUT2D eigenvalue weighted by Crippen LogP contribution is 2.20. The summed E-state index contributed by atoms with van der Waals surface area (Å²) in [4.78, 5) is 4.82. The molecule has 2 atom stereocenters. The van der Waals surface area contributed by atoms with Crippen molar-refractivity contribution >= 4 is 5.69 Å². The molecule has 1 aliphatic rings. The van der Waals surface area contributed by atoms with E-state index in [1.807, 2.05) is 24.3 Å². The summed E-state index contributed by atoms with van der Waals surface area (Å²) in [5.41, 5.74) is 7.42. The van der Waals surface area contributed by atoms with Gasteiger partial charge in [0.15, 0.2) is 0 Å². The molecule has 1 aromatic carbocycles. The zero-order valence-electron chi connectivity index (χ0n) is 12.6. The lowest BCUT2D eigenvalue weighted by Gasteiger charge is -2.31. The monoisotopic (exact) mass is 277 g/mol. The summed E-state index contributed by atoms with van der Waals surface area (Å²) < 4.78 is 0. The summed E-state index contributed by atoms with van der Waals surface area (Å²) >= 11 is 0. The average Bonchev–Trinajstić information content (AvgIpc) is 2.60. The topological polar surface area (TPSA) is 52.7 Å². The van der Waals surface area contributed by atoms with Crippen LogP contribution in [-0.2, 0) is 0 Å². The Morgan fingerprint density at radius 2 is 2.20 bits per heavy atom. The molecule has 0 amide bonds. The molecule has 2 rings (SSSR count). The van der Waals surface area contributed by atoms with E-state index in [4.69, 9.17) is 5.73 Å². The number of nitrogens with zero attached hydrogens (tertiary/aromatic N) is 2. The Morgan fingerprint density at radius 3 is 2.90 bits per heavy atom. The van der Waals surface area contributed by atoms with Crippen LogP contribution in [0.2, 0.25) is 0 Å². The highest BCUT2D eigenvalue weighted by molar-refractivity contribution is 5.41. The predicted molar refractivity (Wildman–Crippen MR) is 83.6 cm³/mol. The molecule has 1 fully saturated rings. The Bertz CT molecular complexity index is 424. The molecule has 0 saturated carbocycles. The standard InChI is InChI=1S/C16H27N3O/c1-3-15-11-18(2)8-5-9-19(15)12-16(20)13-6-4-7-14(17)10-13/h4,6-7,10,15-16,20H,3,5,8-9,11-12,17H2,1-2H3. The van der Waals surface area contributed by atoms with E-state index in [9.17, 15) is 5.11 Å². The van der Waals surface area contributed by atoms with Crippen molar-refractivity contribution in [2.24, 2.45) is 0 Å². The van der Waals surface area contributed by atoms with Crippen LogP contribution >= 0.6 is 0 Å². The Balaban J connectivity index is 2.03. The number of aliphatic hydroxyl groups is 1. The molecule has 1 heterocycles. The lowest BCUT2D eigenvalue weighted by Crippen LogP contribution is -2.41. The van der Waals surface area contributed by atoms with Crippen molar-refractivity contribution in [1.82, 2.24) is 9.80 Å². The lowest BCUT2D eigenvalue weighted by atomic mass is 10.1. The SMILES string of the molecule is CCC1CN(C)CCCN1CC(O)c1cccc(N)c1. The Morgan fingerprint density at radius 1 is 1.40 bits per heavy atom. The highest BCUT2D eigenvalue weighted by atomic mass is 16.3. The van der Waals surface area contributed by atoms with Gasteiger partial charge in [-0.25, -0.2) is 0 Å². The van der Waals surface area contributed by atoms with Gasteiger partial charge in [-0.1, -0.05) is 19.1 Å². The van der Waals surface area contributed by atoms with Crippen LogP contribution in [0.3, 0.4) is 0 Å². The van der Waals surface area contributed by atoms with E-state index in [2.05, 4.69) is 23.8 Å². The lowest BCUT2D eigenvalue weighted by molar-refractivity contribution is 0.0854. The Labute approximate surface area is 122 Å². The van der Waals surface area contributed by atoms with E-state index < -0.39 is 6.10 Å². The fourth-order valence-corrected chi connectivity index (χ4v) is 3.01. The first kappa shape index (κ1) is 15.3.